The van der Waals surface area contributed by atoms with Gasteiger partial charge in [-0.3, -0.25) is 4.90 Å². The van der Waals surface area contributed by atoms with Crippen LogP contribution in [-0.2, 0) is 11.4 Å². The summed E-state index contributed by atoms with van der Waals surface area (Å²) in [6.07, 6.45) is 5.23. The maximum absolute atomic E-state index is 9.38. The van der Waals surface area contributed by atoms with Crippen molar-refractivity contribution < 1.29 is 9.94 Å². The van der Waals surface area contributed by atoms with E-state index < -0.39 is 0 Å². The zero-order valence-electron chi connectivity index (χ0n) is 17.5. The van der Waals surface area contributed by atoms with Gasteiger partial charge in [0.1, 0.15) is 12.3 Å². The number of aliphatic hydroxyl groups excluding tert-OH is 1. The molecule has 0 bridgehead atoms. The van der Waals surface area contributed by atoms with Crippen LogP contribution in [0.3, 0.4) is 0 Å². The van der Waals surface area contributed by atoms with Gasteiger partial charge in [0.05, 0.1) is 6.61 Å². The van der Waals surface area contributed by atoms with Crippen molar-refractivity contribution in [2.75, 3.05) is 26.2 Å². The van der Waals surface area contributed by atoms with Gasteiger partial charge in [0.2, 0.25) is 0 Å². The summed E-state index contributed by atoms with van der Waals surface area (Å²) in [6, 6.07) is 22.5. The number of hydrogen-bond acceptors (Lipinski definition) is 4. The minimum absolute atomic E-state index is 0. The highest BCUT2D eigenvalue weighted by atomic mass is 16.6. The van der Waals surface area contributed by atoms with Gasteiger partial charge in [-0.1, -0.05) is 92.2 Å². The number of aliphatic hydroxyl groups is 1. The first-order valence-corrected chi connectivity index (χ1v) is 11.0. The lowest BCUT2D eigenvalue weighted by Crippen LogP contribution is -2.28. The third-order valence-electron chi connectivity index (χ3n) is 5.81. The Morgan fingerprint density at radius 3 is 2.32 bits per heavy atom. The molecule has 1 fully saturated rings. The topological polar surface area (TPSA) is 45.1 Å². The number of rotatable bonds is 7. The van der Waals surface area contributed by atoms with E-state index in [0.29, 0.717) is 6.61 Å². The van der Waals surface area contributed by atoms with Gasteiger partial charge < -0.3 is 9.94 Å². The Balaban J connectivity index is 0.00000272. The monoisotopic (exact) mass is 418 g/mol. The Kier molecular flexibility index (Phi) is 8.63. The lowest BCUT2D eigenvalue weighted by molar-refractivity contribution is 0.112. The summed E-state index contributed by atoms with van der Waals surface area (Å²) in [5, 5.41) is 16.3. The predicted octanol–water partition coefficient (Wildman–Crippen LogP) is 5.61. The molecular formula is C27H34N2O2. The highest BCUT2D eigenvalue weighted by Crippen LogP contribution is 2.23. The number of oxime groups is 1. The van der Waals surface area contributed by atoms with Crippen LogP contribution >= 0.6 is 0 Å². The van der Waals surface area contributed by atoms with Crippen molar-refractivity contribution in [3.05, 3.63) is 83.4 Å². The van der Waals surface area contributed by atoms with Crippen molar-refractivity contribution in [1.29, 1.82) is 0 Å². The van der Waals surface area contributed by atoms with Crippen LogP contribution < -0.4 is 0 Å². The summed E-state index contributed by atoms with van der Waals surface area (Å²) in [5.41, 5.74) is 3.75. The molecule has 1 aliphatic heterocycles. The van der Waals surface area contributed by atoms with E-state index in [1.165, 1.54) is 31.1 Å². The molecule has 1 saturated heterocycles. The normalized spacial score (nSPS) is 15.3. The first kappa shape index (κ1) is 23.0. The fourth-order valence-corrected chi connectivity index (χ4v) is 4.10. The molecule has 31 heavy (non-hydrogen) atoms. The minimum Gasteiger partial charge on any atom is -0.394 e. The lowest BCUT2D eigenvalue weighted by Gasteiger charge is -2.18. The molecule has 0 spiro atoms. The minimum atomic E-state index is 0. The van der Waals surface area contributed by atoms with Crippen LogP contribution in [0.15, 0.2) is 71.9 Å². The molecule has 4 heteroatoms. The summed E-state index contributed by atoms with van der Waals surface area (Å²) in [6.45, 7) is 3.85. The summed E-state index contributed by atoms with van der Waals surface area (Å²) >= 11 is 0. The summed E-state index contributed by atoms with van der Waals surface area (Å²) in [4.78, 5) is 8.33. The van der Waals surface area contributed by atoms with E-state index >= 15 is 0 Å². The smallest absolute Gasteiger partial charge is 0.129 e. The fraction of sp³-hybridized carbons (Fsp3) is 0.370. The predicted molar refractivity (Wildman–Crippen MR) is 130 cm³/mol. The third kappa shape index (κ3) is 5.93. The van der Waals surface area contributed by atoms with Crippen molar-refractivity contribution >= 4 is 16.5 Å². The van der Waals surface area contributed by atoms with Crippen LogP contribution in [0.5, 0.6) is 0 Å². The van der Waals surface area contributed by atoms with Gasteiger partial charge >= 0.3 is 0 Å². The molecule has 0 radical (unpaired) electrons. The second-order valence-corrected chi connectivity index (χ2v) is 7.91. The molecular weight excluding hydrogens is 384 g/mol. The van der Waals surface area contributed by atoms with Gasteiger partial charge in [-0.2, -0.15) is 0 Å². The number of likely N-dealkylation sites (tertiary alicyclic amines) is 1. The van der Waals surface area contributed by atoms with Crippen LogP contribution in [-0.4, -0.2) is 42.0 Å². The van der Waals surface area contributed by atoms with Gasteiger partial charge in [-0.25, -0.2) is 0 Å². The molecule has 4 rings (SSSR count). The fourth-order valence-electron chi connectivity index (χ4n) is 4.10. The average Bonchev–Trinajstić information content (AvgIpc) is 3.08. The zero-order chi connectivity index (χ0) is 20.6. The SMILES string of the molecule is C.OCc1ccc(/C(=N/OCCN2CCCCCC2)c2cccc3ccccc23)cc1. The highest BCUT2D eigenvalue weighted by Gasteiger charge is 2.13. The van der Waals surface area contributed by atoms with Crippen LogP contribution in [0.25, 0.3) is 10.8 Å². The van der Waals surface area contributed by atoms with E-state index in [9.17, 15) is 5.11 Å². The molecule has 1 aliphatic rings. The molecule has 3 aromatic carbocycles. The Hall–Kier alpha value is -2.69. The van der Waals surface area contributed by atoms with E-state index in [-0.39, 0.29) is 14.0 Å². The van der Waals surface area contributed by atoms with Gasteiger partial charge in [-0.15, -0.1) is 0 Å². The third-order valence-corrected chi connectivity index (χ3v) is 5.81. The maximum Gasteiger partial charge on any atom is 0.129 e. The molecule has 0 aromatic heterocycles. The number of benzene rings is 3. The Bertz CT molecular complexity index is 969. The highest BCUT2D eigenvalue weighted by molar-refractivity contribution is 6.19. The van der Waals surface area contributed by atoms with E-state index in [0.717, 1.165) is 47.4 Å². The van der Waals surface area contributed by atoms with Gasteiger partial charge in [-0.05, 0) is 42.3 Å². The average molecular weight is 419 g/mol. The summed E-state index contributed by atoms with van der Waals surface area (Å²) in [5.74, 6) is 0. The molecule has 4 nitrogen and oxygen atoms in total. The van der Waals surface area contributed by atoms with E-state index in [4.69, 9.17) is 4.84 Å². The molecule has 3 aromatic rings. The summed E-state index contributed by atoms with van der Waals surface area (Å²) in [7, 11) is 0. The second kappa shape index (κ2) is 11.6. The zero-order valence-corrected chi connectivity index (χ0v) is 17.5. The van der Waals surface area contributed by atoms with Gasteiger partial charge in [0.25, 0.3) is 0 Å². The first-order valence-electron chi connectivity index (χ1n) is 11.0. The molecule has 0 unspecified atom stereocenters. The number of fused-ring (bicyclic) bond motifs is 1. The van der Waals surface area contributed by atoms with Crippen molar-refractivity contribution in [2.24, 2.45) is 5.16 Å². The van der Waals surface area contributed by atoms with Crippen molar-refractivity contribution in [3.8, 4) is 0 Å². The Morgan fingerprint density at radius 2 is 1.58 bits per heavy atom. The van der Waals surface area contributed by atoms with Crippen LogP contribution in [0, 0.1) is 0 Å². The van der Waals surface area contributed by atoms with Gasteiger partial charge in [0.15, 0.2) is 0 Å². The van der Waals surface area contributed by atoms with E-state index in [1.54, 1.807) is 0 Å². The van der Waals surface area contributed by atoms with Crippen LogP contribution in [0.1, 0.15) is 49.8 Å². The largest absolute Gasteiger partial charge is 0.394 e. The number of hydrogen-bond donors (Lipinski definition) is 1. The maximum atomic E-state index is 9.38. The van der Waals surface area contributed by atoms with Crippen LogP contribution in [0.2, 0.25) is 0 Å². The van der Waals surface area contributed by atoms with Crippen molar-refractivity contribution in [2.45, 2.75) is 39.7 Å². The van der Waals surface area contributed by atoms with Crippen molar-refractivity contribution in [1.82, 2.24) is 4.90 Å². The molecule has 0 atom stereocenters. The lowest BCUT2D eigenvalue weighted by atomic mass is 9.96. The molecule has 164 valence electrons. The Labute approximate surface area is 186 Å². The van der Waals surface area contributed by atoms with E-state index in [1.807, 2.05) is 24.3 Å². The number of nitrogens with zero attached hydrogens (tertiary/aromatic N) is 2. The molecule has 0 saturated carbocycles. The first-order chi connectivity index (χ1) is 14.8. The molecule has 0 aliphatic carbocycles. The summed E-state index contributed by atoms with van der Waals surface area (Å²) < 4.78 is 0. The van der Waals surface area contributed by atoms with E-state index in [2.05, 4.69) is 52.5 Å². The van der Waals surface area contributed by atoms with Gasteiger partial charge in [0, 0.05) is 17.7 Å². The van der Waals surface area contributed by atoms with Crippen LogP contribution in [0.4, 0.5) is 0 Å². The van der Waals surface area contributed by atoms with Crippen molar-refractivity contribution in [3.63, 3.8) is 0 Å². The Morgan fingerprint density at radius 1 is 0.871 bits per heavy atom. The molecule has 1 heterocycles. The second-order valence-electron chi connectivity index (χ2n) is 7.91. The quantitative estimate of drug-likeness (QED) is 0.308. The standard InChI is InChI=1S/C26H30N2O2.CH4/c29-20-21-12-14-23(15-13-21)26(25-11-7-9-22-8-3-4-10-24(22)25)27-30-19-18-28-16-5-1-2-6-17-28;/h3-4,7-15,29H,1-2,5-6,16-20H2;1H4/b27-26-;. The molecule has 1 N–H and O–H groups in total. The molecule has 0 amide bonds.